The summed E-state index contributed by atoms with van der Waals surface area (Å²) < 4.78 is 1.97. The van der Waals surface area contributed by atoms with Crippen LogP contribution >= 0.6 is 0 Å². The van der Waals surface area contributed by atoms with Crippen LogP contribution in [0, 0.1) is 25.7 Å². The Morgan fingerprint density at radius 1 is 1.38 bits per heavy atom. The predicted octanol–water partition coefficient (Wildman–Crippen LogP) is 1.45. The smallest absolute Gasteiger partial charge is 0.315 e. The molecule has 0 radical (unpaired) electrons. The van der Waals surface area contributed by atoms with Crippen LogP contribution in [0.25, 0.3) is 0 Å². The van der Waals surface area contributed by atoms with Crippen molar-refractivity contribution in [1.29, 1.82) is 0 Å². The van der Waals surface area contributed by atoms with Crippen molar-refractivity contribution < 1.29 is 9.90 Å². The van der Waals surface area contributed by atoms with Gasteiger partial charge < -0.3 is 15.7 Å². The molecule has 1 heterocycles. The van der Waals surface area contributed by atoms with Crippen LogP contribution in [0.5, 0.6) is 0 Å². The van der Waals surface area contributed by atoms with Gasteiger partial charge in [0.2, 0.25) is 0 Å². The van der Waals surface area contributed by atoms with E-state index in [4.69, 9.17) is 5.11 Å². The highest BCUT2D eigenvalue weighted by Gasteiger charge is 2.14. The van der Waals surface area contributed by atoms with Gasteiger partial charge in [-0.25, -0.2) is 4.79 Å². The molecule has 0 aliphatic heterocycles. The highest BCUT2D eigenvalue weighted by atomic mass is 16.3. The Morgan fingerprint density at radius 3 is 2.57 bits per heavy atom. The Morgan fingerprint density at radius 2 is 2.05 bits per heavy atom. The first-order valence-corrected chi connectivity index (χ1v) is 7.49. The molecule has 0 bridgehead atoms. The summed E-state index contributed by atoms with van der Waals surface area (Å²) in [6.45, 7) is 11.3. The Kier molecular flexibility index (Phi) is 6.68. The van der Waals surface area contributed by atoms with Gasteiger partial charge in [-0.2, -0.15) is 5.10 Å². The van der Waals surface area contributed by atoms with Crippen LogP contribution in [-0.4, -0.2) is 40.1 Å². The summed E-state index contributed by atoms with van der Waals surface area (Å²) in [4.78, 5) is 11.8. The van der Waals surface area contributed by atoms with Crippen molar-refractivity contribution in [2.75, 3.05) is 13.2 Å². The molecule has 21 heavy (non-hydrogen) atoms. The summed E-state index contributed by atoms with van der Waals surface area (Å²) in [7, 11) is 0. The maximum absolute atomic E-state index is 11.8. The molecule has 3 unspecified atom stereocenters. The minimum absolute atomic E-state index is 0.0443. The summed E-state index contributed by atoms with van der Waals surface area (Å²) in [5.74, 6) is 0.335. The SMILES string of the molecule is Cc1cc(C)n(CC(C)CNC(=O)NC(C)C(C)CO)n1. The Bertz CT molecular complexity index is 459. The summed E-state index contributed by atoms with van der Waals surface area (Å²) in [5, 5.41) is 19.2. The van der Waals surface area contributed by atoms with Crippen molar-refractivity contribution in [2.24, 2.45) is 11.8 Å². The molecule has 0 saturated carbocycles. The zero-order valence-electron chi connectivity index (χ0n) is 13.7. The monoisotopic (exact) mass is 296 g/mol. The molecule has 3 atom stereocenters. The second kappa shape index (κ2) is 8.02. The molecule has 1 rings (SSSR count). The number of hydrogen-bond donors (Lipinski definition) is 3. The second-order valence-electron chi connectivity index (χ2n) is 6.02. The fourth-order valence-corrected chi connectivity index (χ4v) is 2.04. The summed E-state index contributed by atoms with van der Waals surface area (Å²) in [6.07, 6.45) is 0. The van der Waals surface area contributed by atoms with Crippen LogP contribution in [0.2, 0.25) is 0 Å². The summed E-state index contributed by atoms with van der Waals surface area (Å²) in [6, 6.07) is 1.80. The fourth-order valence-electron chi connectivity index (χ4n) is 2.04. The molecule has 6 heteroatoms. The van der Waals surface area contributed by atoms with Crippen LogP contribution in [0.15, 0.2) is 6.07 Å². The summed E-state index contributed by atoms with van der Waals surface area (Å²) >= 11 is 0. The van der Waals surface area contributed by atoms with E-state index in [1.807, 2.05) is 38.4 Å². The van der Waals surface area contributed by atoms with Crippen molar-refractivity contribution in [3.63, 3.8) is 0 Å². The van der Waals surface area contributed by atoms with E-state index in [0.29, 0.717) is 12.5 Å². The van der Waals surface area contributed by atoms with E-state index in [2.05, 4.69) is 22.7 Å². The topological polar surface area (TPSA) is 79.2 Å². The quantitative estimate of drug-likeness (QED) is 0.712. The Labute approximate surface area is 126 Å². The number of aliphatic hydroxyl groups is 1. The third kappa shape index (κ3) is 5.75. The van der Waals surface area contributed by atoms with Crippen LogP contribution < -0.4 is 10.6 Å². The average Bonchev–Trinajstić information content (AvgIpc) is 2.73. The molecule has 0 aliphatic rings. The van der Waals surface area contributed by atoms with Crippen LogP contribution in [0.4, 0.5) is 4.79 Å². The number of aromatic nitrogens is 2. The third-order valence-electron chi connectivity index (χ3n) is 3.70. The van der Waals surface area contributed by atoms with E-state index in [1.54, 1.807) is 0 Å². The number of carbonyl (C=O) groups is 1. The number of nitrogens with one attached hydrogen (secondary N) is 2. The van der Waals surface area contributed by atoms with Crippen molar-refractivity contribution in [1.82, 2.24) is 20.4 Å². The van der Waals surface area contributed by atoms with Gasteiger partial charge in [-0.05, 0) is 38.7 Å². The molecule has 0 aromatic carbocycles. The van der Waals surface area contributed by atoms with Crippen LogP contribution in [0.3, 0.4) is 0 Å². The Hall–Kier alpha value is -1.56. The van der Waals surface area contributed by atoms with E-state index in [1.165, 1.54) is 0 Å². The molecule has 0 spiro atoms. The van der Waals surface area contributed by atoms with Crippen LogP contribution in [-0.2, 0) is 6.54 Å². The predicted molar refractivity (Wildman–Crippen MR) is 83.1 cm³/mol. The zero-order valence-corrected chi connectivity index (χ0v) is 13.7. The normalized spacial score (nSPS) is 15.3. The number of amides is 2. The number of rotatable bonds is 7. The van der Waals surface area contributed by atoms with Crippen molar-refractivity contribution in [3.05, 3.63) is 17.5 Å². The standard InChI is InChI=1S/C15H28N4O2/c1-10(8-19-13(4)6-12(3)18-19)7-16-15(21)17-14(5)11(2)9-20/h6,10-11,14,20H,7-9H2,1-5H3,(H2,16,17,21). The first kappa shape index (κ1) is 17.5. The van der Waals surface area contributed by atoms with E-state index in [-0.39, 0.29) is 24.6 Å². The van der Waals surface area contributed by atoms with Crippen LogP contribution in [0.1, 0.15) is 32.2 Å². The fraction of sp³-hybridized carbons (Fsp3) is 0.733. The first-order valence-electron chi connectivity index (χ1n) is 7.49. The lowest BCUT2D eigenvalue weighted by Gasteiger charge is -2.20. The van der Waals surface area contributed by atoms with E-state index >= 15 is 0 Å². The molecule has 3 N–H and O–H groups in total. The number of aliphatic hydroxyl groups excluding tert-OH is 1. The van der Waals surface area contributed by atoms with Crippen molar-refractivity contribution >= 4 is 6.03 Å². The van der Waals surface area contributed by atoms with Gasteiger partial charge in [0.25, 0.3) is 0 Å². The number of nitrogens with zero attached hydrogens (tertiary/aromatic N) is 2. The lowest BCUT2D eigenvalue weighted by molar-refractivity contribution is 0.199. The maximum Gasteiger partial charge on any atom is 0.315 e. The molecule has 6 nitrogen and oxygen atoms in total. The molecule has 0 fully saturated rings. The molecule has 1 aromatic rings. The largest absolute Gasteiger partial charge is 0.396 e. The Balaban J connectivity index is 2.34. The molecule has 0 saturated heterocycles. The maximum atomic E-state index is 11.8. The molecule has 2 amide bonds. The van der Waals surface area contributed by atoms with E-state index < -0.39 is 0 Å². The summed E-state index contributed by atoms with van der Waals surface area (Å²) in [5.41, 5.74) is 2.14. The molecule has 120 valence electrons. The highest BCUT2D eigenvalue weighted by molar-refractivity contribution is 5.74. The number of aryl methyl sites for hydroxylation is 2. The highest BCUT2D eigenvalue weighted by Crippen LogP contribution is 2.06. The van der Waals surface area contributed by atoms with Crippen molar-refractivity contribution in [3.8, 4) is 0 Å². The van der Waals surface area contributed by atoms with Gasteiger partial charge in [0, 0.05) is 31.4 Å². The molecular formula is C15H28N4O2. The van der Waals surface area contributed by atoms with Gasteiger partial charge >= 0.3 is 6.03 Å². The van der Waals surface area contributed by atoms with Gasteiger partial charge in [0.05, 0.1) is 5.69 Å². The van der Waals surface area contributed by atoms with E-state index in [9.17, 15) is 4.79 Å². The average molecular weight is 296 g/mol. The number of carbonyl (C=O) groups excluding carboxylic acids is 1. The third-order valence-corrected chi connectivity index (χ3v) is 3.70. The van der Waals surface area contributed by atoms with Gasteiger partial charge in [-0.15, -0.1) is 0 Å². The van der Waals surface area contributed by atoms with Gasteiger partial charge in [0.15, 0.2) is 0 Å². The number of hydrogen-bond acceptors (Lipinski definition) is 3. The minimum Gasteiger partial charge on any atom is -0.396 e. The molecule has 0 aliphatic carbocycles. The number of urea groups is 1. The molecular weight excluding hydrogens is 268 g/mol. The second-order valence-corrected chi connectivity index (χ2v) is 6.02. The lowest BCUT2D eigenvalue weighted by Crippen LogP contribution is -2.45. The first-order chi connectivity index (χ1) is 9.83. The zero-order chi connectivity index (χ0) is 16.0. The van der Waals surface area contributed by atoms with E-state index in [0.717, 1.165) is 17.9 Å². The van der Waals surface area contributed by atoms with Gasteiger partial charge in [-0.3, -0.25) is 4.68 Å². The van der Waals surface area contributed by atoms with Gasteiger partial charge in [0.1, 0.15) is 0 Å². The minimum atomic E-state index is -0.192. The molecule has 1 aromatic heterocycles. The van der Waals surface area contributed by atoms with Crippen molar-refractivity contribution in [2.45, 2.75) is 47.2 Å². The van der Waals surface area contributed by atoms with Gasteiger partial charge in [-0.1, -0.05) is 13.8 Å². The lowest BCUT2D eigenvalue weighted by atomic mass is 10.1.